The van der Waals surface area contributed by atoms with Crippen molar-refractivity contribution in [3.8, 4) is 5.75 Å². The second-order valence-corrected chi connectivity index (χ2v) is 4.70. The van der Waals surface area contributed by atoms with E-state index in [4.69, 9.17) is 9.47 Å². The SMILES string of the molecule is Cc1ccccc1OCC1O[CH-]N(c2ccccn2)C1=O. The molecule has 2 heterocycles. The number of nitrogens with zero attached hydrogens (tertiary/aromatic N) is 2. The van der Waals surface area contributed by atoms with E-state index in [1.165, 1.54) is 11.6 Å². The minimum Gasteiger partial charge on any atom is -0.519 e. The van der Waals surface area contributed by atoms with E-state index in [2.05, 4.69) is 4.98 Å². The molecule has 0 radical (unpaired) electrons. The molecule has 21 heavy (non-hydrogen) atoms. The zero-order valence-corrected chi connectivity index (χ0v) is 11.6. The van der Waals surface area contributed by atoms with E-state index in [-0.39, 0.29) is 12.5 Å². The van der Waals surface area contributed by atoms with E-state index in [9.17, 15) is 4.79 Å². The Morgan fingerprint density at radius 2 is 2.10 bits per heavy atom. The van der Waals surface area contributed by atoms with Gasteiger partial charge in [-0.05, 0) is 30.7 Å². The average molecular weight is 283 g/mol. The molecular formula is C16H15N2O3-. The van der Waals surface area contributed by atoms with E-state index < -0.39 is 6.10 Å². The zero-order valence-electron chi connectivity index (χ0n) is 11.6. The second kappa shape index (κ2) is 5.93. The number of aryl methyl sites for hydroxylation is 1. The number of anilines is 1. The number of benzene rings is 1. The number of rotatable bonds is 4. The van der Waals surface area contributed by atoms with Crippen LogP contribution in [0.3, 0.4) is 0 Å². The lowest BCUT2D eigenvalue weighted by molar-refractivity contribution is -0.123. The number of carbonyl (C=O) groups is 1. The van der Waals surface area contributed by atoms with Gasteiger partial charge in [0.15, 0.2) is 0 Å². The number of ether oxygens (including phenoxy) is 2. The Morgan fingerprint density at radius 1 is 1.29 bits per heavy atom. The van der Waals surface area contributed by atoms with Gasteiger partial charge in [0.05, 0.1) is 0 Å². The molecule has 0 N–H and O–H groups in total. The third kappa shape index (κ3) is 2.87. The monoisotopic (exact) mass is 283 g/mol. The summed E-state index contributed by atoms with van der Waals surface area (Å²) in [5, 5.41) is 0. The summed E-state index contributed by atoms with van der Waals surface area (Å²) in [6.07, 6.45) is 0.986. The molecule has 1 aliphatic rings. The van der Waals surface area contributed by atoms with Crippen molar-refractivity contribution >= 4 is 11.7 Å². The highest BCUT2D eigenvalue weighted by molar-refractivity contribution is 5.98. The number of aromatic nitrogens is 1. The first-order chi connectivity index (χ1) is 10.3. The van der Waals surface area contributed by atoms with Gasteiger partial charge in [-0.15, -0.1) is 6.73 Å². The predicted octanol–water partition coefficient (Wildman–Crippen LogP) is 2.32. The highest BCUT2D eigenvalue weighted by Gasteiger charge is 2.27. The third-order valence-corrected chi connectivity index (χ3v) is 3.22. The van der Waals surface area contributed by atoms with Crippen molar-refractivity contribution in [2.75, 3.05) is 11.5 Å². The normalized spacial score (nSPS) is 18.0. The van der Waals surface area contributed by atoms with Crippen LogP contribution in [0.4, 0.5) is 5.82 Å². The molecule has 1 fully saturated rings. The van der Waals surface area contributed by atoms with Gasteiger partial charge in [-0.2, -0.15) is 0 Å². The van der Waals surface area contributed by atoms with Crippen LogP contribution in [0.5, 0.6) is 5.75 Å². The first-order valence-electron chi connectivity index (χ1n) is 6.67. The number of hydrogen-bond donors (Lipinski definition) is 0. The smallest absolute Gasteiger partial charge is 0.230 e. The molecular weight excluding hydrogens is 268 g/mol. The van der Waals surface area contributed by atoms with Gasteiger partial charge in [0.2, 0.25) is 5.91 Å². The van der Waals surface area contributed by atoms with Crippen LogP contribution in [-0.4, -0.2) is 23.6 Å². The molecule has 3 rings (SSSR count). The molecule has 108 valence electrons. The highest BCUT2D eigenvalue weighted by atomic mass is 16.6. The van der Waals surface area contributed by atoms with Crippen molar-refractivity contribution in [1.29, 1.82) is 0 Å². The van der Waals surface area contributed by atoms with Crippen LogP contribution in [0, 0.1) is 13.7 Å². The lowest BCUT2D eigenvalue weighted by atomic mass is 10.2. The first kappa shape index (κ1) is 13.6. The van der Waals surface area contributed by atoms with Gasteiger partial charge < -0.3 is 14.4 Å². The van der Waals surface area contributed by atoms with Crippen molar-refractivity contribution in [3.63, 3.8) is 0 Å². The number of hydrogen-bond acceptors (Lipinski definition) is 4. The van der Waals surface area contributed by atoms with Crippen molar-refractivity contribution < 1.29 is 14.3 Å². The Balaban J connectivity index is 1.64. The summed E-state index contributed by atoms with van der Waals surface area (Å²) in [6, 6.07) is 13.0. The Labute approximate surface area is 123 Å². The van der Waals surface area contributed by atoms with Crippen molar-refractivity contribution in [1.82, 2.24) is 4.98 Å². The highest BCUT2D eigenvalue weighted by Crippen LogP contribution is 2.23. The molecule has 2 aromatic rings. The number of pyridine rings is 1. The number of amides is 1. The van der Waals surface area contributed by atoms with Gasteiger partial charge in [-0.1, -0.05) is 24.3 Å². The van der Waals surface area contributed by atoms with Gasteiger partial charge >= 0.3 is 0 Å². The molecule has 1 amide bonds. The van der Waals surface area contributed by atoms with Crippen molar-refractivity contribution in [3.05, 3.63) is 61.0 Å². The summed E-state index contributed by atoms with van der Waals surface area (Å²) in [7, 11) is 0. The first-order valence-corrected chi connectivity index (χ1v) is 6.67. The van der Waals surface area contributed by atoms with Crippen LogP contribution >= 0.6 is 0 Å². The van der Waals surface area contributed by atoms with E-state index >= 15 is 0 Å². The molecule has 1 atom stereocenters. The minimum atomic E-state index is -0.647. The second-order valence-electron chi connectivity index (χ2n) is 4.70. The van der Waals surface area contributed by atoms with Crippen molar-refractivity contribution in [2.45, 2.75) is 13.0 Å². The quantitative estimate of drug-likeness (QED) is 0.808. The lowest BCUT2D eigenvalue weighted by Crippen LogP contribution is -2.32. The fourth-order valence-electron chi connectivity index (χ4n) is 2.06. The third-order valence-electron chi connectivity index (χ3n) is 3.22. The summed E-state index contributed by atoms with van der Waals surface area (Å²) in [4.78, 5) is 17.8. The molecule has 0 aliphatic carbocycles. The molecule has 1 aliphatic heterocycles. The summed E-state index contributed by atoms with van der Waals surface area (Å²) in [6.45, 7) is 3.51. The van der Waals surface area contributed by atoms with Gasteiger partial charge in [0.25, 0.3) is 0 Å². The Hall–Kier alpha value is -2.40. The van der Waals surface area contributed by atoms with Crippen LogP contribution in [0.2, 0.25) is 0 Å². The summed E-state index contributed by atoms with van der Waals surface area (Å²) >= 11 is 0. The summed E-state index contributed by atoms with van der Waals surface area (Å²) in [5.74, 6) is 1.12. The van der Waals surface area contributed by atoms with Crippen LogP contribution in [0.15, 0.2) is 48.7 Å². The number of carbonyl (C=O) groups excluding carboxylic acids is 1. The van der Waals surface area contributed by atoms with Crippen LogP contribution in [0.25, 0.3) is 0 Å². The molecule has 1 saturated heterocycles. The molecule has 0 spiro atoms. The maximum atomic E-state index is 12.3. The van der Waals surface area contributed by atoms with E-state index in [0.29, 0.717) is 5.82 Å². The Kier molecular flexibility index (Phi) is 3.83. The fourth-order valence-corrected chi connectivity index (χ4v) is 2.06. The van der Waals surface area contributed by atoms with Crippen LogP contribution < -0.4 is 9.64 Å². The maximum absolute atomic E-state index is 12.3. The van der Waals surface area contributed by atoms with Gasteiger partial charge in [0.1, 0.15) is 24.3 Å². The maximum Gasteiger partial charge on any atom is 0.230 e. The van der Waals surface area contributed by atoms with E-state index in [0.717, 1.165) is 11.3 Å². The number of para-hydroxylation sites is 1. The van der Waals surface area contributed by atoms with Crippen LogP contribution in [-0.2, 0) is 9.53 Å². The zero-order chi connectivity index (χ0) is 14.7. The molecule has 0 bridgehead atoms. The fraction of sp³-hybridized carbons (Fsp3) is 0.188. The largest absolute Gasteiger partial charge is 0.519 e. The molecule has 1 aromatic heterocycles. The van der Waals surface area contributed by atoms with E-state index in [1.807, 2.05) is 37.3 Å². The molecule has 0 saturated carbocycles. The summed E-state index contributed by atoms with van der Waals surface area (Å²) < 4.78 is 11.0. The average Bonchev–Trinajstić information content (AvgIpc) is 2.88. The van der Waals surface area contributed by atoms with Gasteiger partial charge in [-0.3, -0.25) is 4.79 Å². The Morgan fingerprint density at radius 3 is 2.86 bits per heavy atom. The molecule has 5 heteroatoms. The van der Waals surface area contributed by atoms with Crippen LogP contribution in [0.1, 0.15) is 5.56 Å². The van der Waals surface area contributed by atoms with E-state index in [1.54, 1.807) is 18.3 Å². The standard InChI is InChI=1S/C16H15N2O3/c1-12-6-2-3-7-13(12)20-10-14-16(19)18(11-21-14)15-8-4-5-9-17-15/h2-9,11,14H,10H2,1H3/q-1. The van der Waals surface area contributed by atoms with Crippen molar-refractivity contribution in [2.24, 2.45) is 0 Å². The van der Waals surface area contributed by atoms with Gasteiger partial charge in [0, 0.05) is 6.20 Å². The summed E-state index contributed by atoms with van der Waals surface area (Å²) in [5.41, 5.74) is 1.02. The van der Waals surface area contributed by atoms with Gasteiger partial charge in [-0.25, -0.2) is 4.98 Å². The molecule has 5 nitrogen and oxygen atoms in total. The molecule has 1 aromatic carbocycles. The molecule has 1 unspecified atom stereocenters. The predicted molar refractivity (Wildman–Crippen MR) is 77.6 cm³/mol. The Bertz CT molecular complexity index is 630. The topological polar surface area (TPSA) is 51.7 Å². The minimum absolute atomic E-state index is 0.170. The lowest BCUT2D eigenvalue weighted by Gasteiger charge is -2.21.